The first-order valence-electron chi connectivity index (χ1n) is 9.17. The number of nitrogens with one attached hydrogen (secondary N) is 2. The van der Waals surface area contributed by atoms with E-state index in [0.717, 1.165) is 29.8 Å². The fourth-order valence-corrected chi connectivity index (χ4v) is 3.60. The third kappa shape index (κ3) is 4.32. The van der Waals surface area contributed by atoms with Crippen LogP contribution >= 0.6 is 15.9 Å². The molecule has 0 spiro atoms. The molecule has 3 heterocycles. The van der Waals surface area contributed by atoms with E-state index >= 15 is 0 Å². The van der Waals surface area contributed by atoms with Crippen LogP contribution in [0.5, 0.6) is 0 Å². The normalized spacial score (nSPS) is 13.8. The second-order valence-corrected chi connectivity index (χ2v) is 7.42. The summed E-state index contributed by atoms with van der Waals surface area (Å²) >= 11 is 3.21. The zero-order chi connectivity index (χ0) is 22.0. The van der Waals surface area contributed by atoms with E-state index in [0.29, 0.717) is 28.7 Å². The average Bonchev–Trinajstić information content (AvgIpc) is 3.37. The molecule has 0 saturated carbocycles. The van der Waals surface area contributed by atoms with Crippen molar-refractivity contribution in [2.45, 2.75) is 0 Å². The lowest BCUT2D eigenvalue weighted by Gasteiger charge is -2.26. The summed E-state index contributed by atoms with van der Waals surface area (Å²) in [5, 5.41) is 36.5. The molecule has 0 aliphatic carbocycles. The van der Waals surface area contributed by atoms with Gasteiger partial charge in [-0.15, -0.1) is 0 Å². The van der Waals surface area contributed by atoms with Crippen molar-refractivity contribution in [1.29, 1.82) is 0 Å². The second kappa shape index (κ2) is 8.65. The number of benzene rings is 2. The number of hydrogen-bond donors (Lipinski definition) is 2. The molecule has 160 valence electrons. The summed E-state index contributed by atoms with van der Waals surface area (Å²) in [5.74, 6) is 0.761. The molecule has 31 heavy (non-hydrogen) atoms. The van der Waals surface area contributed by atoms with Gasteiger partial charge in [-0.25, -0.2) is 0 Å². The number of halogens is 1. The Morgan fingerprint density at radius 2 is 1.58 bits per heavy atom. The van der Waals surface area contributed by atoms with E-state index in [-0.39, 0.29) is 11.4 Å². The van der Waals surface area contributed by atoms with Crippen molar-refractivity contribution in [2.24, 2.45) is 0 Å². The molecule has 1 aliphatic heterocycles. The molecule has 2 N–H and O–H groups in total. The Balaban J connectivity index is 0.000000158. The van der Waals surface area contributed by atoms with Crippen LogP contribution in [0.4, 0.5) is 17.2 Å². The van der Waals surface area contributed by atoms with Gasteiger partial charge in [-0.2, -0.15) is 10.2 Å². The van der Waals surface area contributed by atoms with Crippen LogP contribution in [-0.2, 0) is 4.74 Å². The van der Waals surface area contributed by atoms with Crippen LogP contribution in [0.1, 0.15) is 0 Å². The number of non-ortho nitro benzene ring substituents is 2. The van der Waals surface area contributed by atoms with E-state index in [9.17, 15) is 20.2 Å². The molecule has 0 unspecified atom stereocenters. The maximum atomic E-state index is 10.8. The summed E-state index contributed by atoms with van der Waals surface area (Å²) < 4.78 is 5.94. The van der Waals surface area contributed by atoms with Crippen LogP contribution in [0.15, 0.2) is 41.0 Å². The molecular weight excluding hydrogens is 474 g/mol. The molecular formula is C18H16BrN7O5. The molecule has 1 fully saturated rings. The zero-order valence-corrected chi connectivity index (χ0v) is 17.5. The lowest BCUT2D eigenvalue weighted by atomic mass is 10.2. The Hall–Kier alpha value is -3.58. The molecule has 0 atom stereocenters. The highest BCUT2D eigenvalue weighted by Crippen LogP contribution is 2.28. The van der Waals surface area contributed by atoms with Gasteiger partial charge in [0.2, 0.25) is 0 Å². The highest BCUT2D eigenvalue weighted by Gasteiger charge is 2.18. The Labute approximate surface area is 182 Å². The van der Waals surface area contributed by atoms with Crippen molar-refractivity contribution < 1.29 is 14.6 Å². The molecule has 0 amide bonds. The van der Waals surface area contributed by atoms with Crippen LogP contribution in [0.25, 0.3) is 21.8 Å². The maximum absolute atomic E-state index is 10.8. The van der Waals surface area contributed by atoms with Crippen molar-refractivity contribution >= 4 is 54.9 Å². The monoisotopic (exact) mass is 489 g/mol. The quantitative estimate of drug-likeness (QED) is 0.326. The Morgan fingerprint density at radius 1 is 0.935 bits per heavy atom. The molecule has 2 aromatic carbocycles. The molecule has 0 bridgehead atoms. The molecule has 2 aromatic heterocycles. The lowest BCUT2D eigenvalue weighted by Crippen LogP contribution is -2.36. The number of aromatic nitrogens is 4. The van der Waals surface area contributed by atoms with Gasteiger partial charge in [-0.1, -0.05) is 0 Å². The zero-order valence-electron chi connectivity index (χ0n) is 15.9. The van der Waals surface area contributed by atoms with Crippen molar-refractivity contribution in [3.63, 3.8) is 0 Å². The minimum atomic E-state index is -0.432. The summed E-state index contributed by atoms with van der Waals surface area (Å²) in [6, 6.07) is 9.23. The molecule has 5 rings (SSSR count). The lowest BCUT2D eigenvalue weighted by molar-refractivity contribution is -0.384. The fourth-order valence-electron chi connectivity index (χ4n) is 3.20. The Kier molecular flexibility index (Phi) is 5.77. The van der Waals surface area contributed by atoms with Gasteiger partial charge < -0.3 is 9.64 Å². The van der Waals surface area contributed by atoms with Crippen LogP contribution < -0.4 is 4.90 Å². The van der Waals surface area contributed by atoms with E-state index in [2.05, 4.69) is 41.2 Å². The summed E-state index contributed by atoms with van der Waals surface area (Å²) in [6.45, 7) is 2.82. The number of morpholine rings is 1. The first-order valence-corrected chi connectivity index (χ1v) is 9.96. The van der Waals surface area contributed by atoms with E-state index in [1.807, 2.05) is 0 Å². The number of nitro benzene ring substituents is 2. The third-order valence-electron chi connectivity index (χ3n) is 4.75. The van der Waals surface area contributed by atoms with Gasteiger partial charge in [-0.3, -0.25) is 30.4 Å². The molecule has 12 nitrogen and oxygen atoms in total. The van der Waals surface area contributed by atoms with Gasteiger partial charge in [0.15, 0.2) is 5.82 Å². The first kappa shape index (κ1) is 20.7. The Bertz CT molecular complexity index is 1260. The maximum Gasteiger partial charge on any atom is 0.270 e. The predicted molar refractivity (Wildman–Crippen MR) is 116 cm³/mol. The van der Waals surface area contributed by atoms with Crippen LogP contribution in [0.3, 0.4) is 0 Å². The molecule has 1 aliphatic rings. The number of H-pyrrole nitrogens is 2. The van der Waals surface area contributed by atoms with Gasteiger partial charge in [0, 0.05) is 42.7 Å². The SMILES string of the molecule is O=[N+]([O-])c1ccc2[nH]nc(N3CCOCC3)c2c1.O=[N+]([O-])c1ccc2n[nH]c(Br)c2c1. The predicted octanol–water partition coefficient (Wildman–Crippen LogP) is 3.54. The molecule has 4 aromatic rings. The topological polar surface area (TPSA) is 156 Å². The van der Waals surface area contributed by atoms with Crippen molar-refractivity contribution in [3.8, 4) is 0 Å². The van der Waals surface area contributed by atoms with E-state index in [1.54, 1.807) is 18.2 Å². The number of aromatic amines is 2. The molecule has 0 radical (unpaired) electrons. The van der Waals surface area contributed by atoms with Crippen molar-refractivity contribution in [1.82, 2.24) is 20.4 Å². The number of nitrogens with zero attached hydrogens (tertiary/aromatic N) is 5. The third-order valence-corrected chi connectivity index (χ3v) is 5.35. The minimum absolute atomic E-state index is 0.0644. The van der Waals surface area contributed by atoms with Crippen LogP contribution in [0, 0.1) is 20.2 Å². The summed E-state index contributed by atoms with van der Waals surface area (Å²) in [4.78, 5) is 22.5. The fraction of sp³-hybridized carbons (Fsp3) is 0.222. The Morgan fingerprint density at radius 3 is 2.26 bits per heavy atom. The minimum Gasteiger partial charge on any atom is -0.378 e. The number of nitro groups is 2. The smallest absolute Gasteiger partial charge is 0.270 e. The number of fused-ring (bicyclic) bond motifs is 2. The number of ether oxygens (including phenoxy) is 1. The van der Waals surface area contributed by atoms with Gasteiger partial charge >= 0.3 is 0 Å². The highest BCUT2D eigenvalue weighted by molar-refractivity contribution is 9.10. The summed E-state index contributed by atoms with van der Waals surface area (Å²) in [7, 11) is 0. The largest absolute Gasteiger partial charge is 0.378 e. The second-order valence-electron chi connectivity index (χ2n) is 6.63. The van der Waals surface area contributed by atoms with E-state index in [4.69, 9.17) is 4.74 Å². The van der Waals surface area contributed by atoms with Crippen LogP contribution in [-0.4, -0.2) is 56.5 Å². The number of hydrogen-bond acceptors (Lipinski definition) is 8. The van der Waals surface area contributed by atoms with Gasteiger partial charge in [0.1, 0.15) is 4.60 Å². The van der Waals surface area contributed by atoms with Gasteiger partial charge in [-0.05, 0) is 28.1 Å². The van der Waals surface area contributed by atoms with Gasteiger partial charge in [0.25, 0.3) is 11.4 Å². The van der Waals surface area contributed by atoms with E-state index in [1.165, 1.54) is 18.2 Å². The first-order chi connectivity index (χ1) is 14.9. The van der Waals surface area contributed by atoms with Crippen molar-refractivity contribution in [2.75, 3.05) is 31.2 Å². The average molecular weight is 490 g/mol. The van der Waals surface area contributed by atoms with Crippen LogP contribution in [0.2, 0.25) is 0 Å². The van der Waals surface area contributed by atoms with Gasteiger partial charge in [0.05, 0.1) is 39.5 Å². The summed E-state index contributed by atoms with van der Waals surface area (Å²) in [5.41, 5.74) is 1.66. The molecule has 1 saturated heterocycles. The van der Waals surface area contributed by atoms with E-state index < -0.39 is 9.85 Å². The highest BCUT2D eigenvalue weighted by atomic mass is 79.9. The van der Waals surface area contributed by atoms with Crippen molar-refractivity contribution in [3.05, 3.63) is 61.2 Å². The molecule has 13 heteroatoms. The number of rotatable bonds is 3. The summed E-state index contributed by atoms with van der Waals surface area (Å²) in [6.07, 6.45) is 0. The number of anilines is 1. The standard InChI is InChI=1S/C11H12N4O3.C7H4BrN3O2/c16-15(17)8-1-2-10-9(7-8)11(13-12-10)14-3-5-18-6-4-14;8-7-5-3-4(11(12)13)1-2-6(5)9-10-7/h1-2,7H,3-6H2,(H,12,13);1-3H,(H,9,10).